The van der Waals surface area contributed by atoms with Crippen molar-refractivity contribution in [1.82, 2.24) is 0 Å². The van der Waals surface area contributed by atoms with E-state index in [4.69, 9.17) is 15.2 Å². The third-order valence-corrected chi connectivity index (χ3v) is 7.16. The Morgan fingerprint density at radius 1 is 0.903 bits per heavy atom. The van der Waals surface area contributed by atoms with Gasteiger partial charge in [-0.2, -0.15) is 0 Å². The van der Waals surface area contributed by atoms with Crippen LogP contribution in [0, 0.1) is 34.8 Å². The van der Waals surface area contributed by atoms with E-state index in [-0.39, 0.29) is 36.0 Å². The predicted octanol–water partition coefficient (Wildman–Crippen LogP) is 3.50. The van der Waals surface area contributed by atoms with Crippen LogP contribution in [-0.4, -0.2) is 17.5 Å². The second-order valence-electron chi connectivity index (χ2n) is 9.02. The van der Waals surface area contributed by atoms with Gasteiger partial charge in [-0.15, -0.1) is 0 Å². The Labute approximate surface area is 178 Å². The number of hydrogen-bond donors (Lipinski definition) is 1. The van der Waals surface area contributed by atoms with Crippen molar-refractivity contribution in [2.45, 2.75) is 38.0 Å². The Bertz CT molecular complexity index is 1050. The van der Waals surface area contributed by atoms with Gasteiger partial charge in [0.15, 0.2) is 0 Å². The van der Waals surface area contributed by atoms with E-state index in [2.05, 4.69) is 0 Å². The summed E-state index contributed by atoms with van der Waals surface area (Å²) in [7, 11) is 0. The van der Waals surface area contributed by atoms with Crippen molar-refractivity contribution in [3.05, 3.63) is 71.3 Å². The predicted molar refractivity (Wildman–Crippen MR) is 106 cm³/mol. The number of halogens is 2. The number of hydrogen-bond acceptors (Lipinski definition) is 5. The minimum absolute atomic E-state index is 0.0216. The van der Waals surface area contributed by atoms with E-state index in [9.17, 15) is 18.4 Å². The number of carbonyl (C=O) groups is 2. The molecule has 0 saturated heterocycles. The highest BCUT2D eigenvalue weighted by Gasteiger charge is 2.81. The highest BCUT2D eigenvalue weighted by atomic mass is 19.1. The summed E-state index contributed by atoms with van der Waals surface area (Å²) in [6, 6.07) is 12.2. The first-order chi connectivity index (χ1) is 14.9. The molecule has 0 aliphatic heterocycles. The van der Waals surface area contributed by atoms with Gasteiger partial charge in [0.05, 0.1) is 5.92 Å². The van der Waals surface area contributed by atoms with Crippen molar-refractivity contribution in [3.63, 3.8) is 0 Å². The fourth-order valence-electron chi connectivity index (χ4n) is 5.46. The smallest absolute Gasteiger partial charge is 0.326 e. The van der Waals surface area contributed by atoms with Gasteiger partial charge in [-0.3, -0.25) is 9.59 Å². The maximum atomic E-state index is 13.8. The molecule has 3 aliphatic carbocycles. The van der Waals surface area contributed by atoms with E-state index in [0.29, 0.717) is 12.0 Å². The van der Waals surface area contributed by atoms with E-state index in [1.165, 1.54) is 12.1 Å². The topological polar surface area (TPSA) is 78.6 Å². The quantitative estimate of drug-likeness (QED) is 0.714. The molecule has 4 unspecified atom stereocenters. The maximum absolute atomic E-state index is 13.8. The highest BCUT2D eigenvalue weighted by Crippen LogP contribution is 2.78. The molecule has 7 heteroatoms. The van der Waals surface area contributed by atoms with Crippen molar-refractivity contribution in [2.75, 3.05) is 0 Å². The first-order valence-corrected chi connectivity index (χ1v) is 10.5. The molecule has 5 nitrogen and oxygen atoms in total. The molecular weight excluding hydrogens is 404 g/mol. The van der Waals surface area contributed by atoms with E-state index in [1.807, 2.05) is 0 Å². The number of rotatable bonds is 6. The van der Waals surface area contributed by atoms with Crippen LogP contribution in [-0.2, 0) is 32.3 Å². The normalized spacial score (nSPS) is 29.3. The molecule has 2 aromatic carbocycles. The Balaban J connectivity index is 1.26. The molecule has 3 fully saturated rings. The molecule has 3 aliphatic rings. The Morgan fingerprint density at radius 2 is 1.45 bits per heavy atom. The molecule has 3 saturated carbocycles. The Kier molecular flexibility index (Phi) is 4.62. The van der Waals surface area contributed by atoms with Crippen LogP contribution in [0.2, 0.25) is 0 Å². The summed E-state index contributed by atoms with van der Waals surface area (Å²) in [6.45, 7) is -0.374. The summed E-state index contributed by atoms with van der Waals surface area (Å²) in [5.74, 6) is -2.84. The van der Waals surface area contributed by atoms with Crippen molar-refractivity contribution in [3.8, 4) is 0 Å². The molecule has 2 N–H and O–H groups in total. The summed E-state index contributed by atoms with van der Waals surface area (Å²) >= 11 is 0. The number of carbonyl (C=O) groups excluding carboxylic acids is 2. The molecule has 2 aromatic rings. The van der Waals surface area contributed by atoms with Crippen LogP contribution in [0.1, 0.15) is 30.4 Å². The van der Waals surface area contributed by atoms with Crippen LogP contribution in [0.3, 0.4) is 0 Å². The lowest BCUT2D eigenvalue weighted by molar-refractivity contribution is -0.154. The second kappa shape index (κ2) is 7.12. The lowest BCUT2D eigenvalue weighted by Gasteiger charge is -2.27. The van der Waals surface area contributed by atoms with Crippen LogP contribution in [0.25, 0.3) is 0 Å². The Hall–Kier alpha value is -2.80. The van der Waals surface area contributed by atoms with Gasteiger partial charge in [-0.1, -0.05) is 36.4 Å². The summed E-state index contributed by atoms with van der Waals surface area (Å²) in [5, 5.41) is 0. The fourth-order valence-corrected chi connectivity index (χ4v) is 5.46. The van der Waals surface area contributed by atoms with E-state index < -0.39 is 35.0 Å². The highest BCUT2D eigenvalue weighted by molar-refractivity contribution is 5.87. The number of esters is 2. The fraction of sp³-hybridized carbons (Fsp3) is 0.417. The third kappa shape index (κ3) is 3.31. The number of benzene rings is 2. The first kappa shape index (κ1) is 20.1. The molecule has 0 aromatic heterocycles. The van der Waals surface area contributed by atoms with Crippen molar-refractivity contribution >= 4 is 11.9 Å². The minimum atomic E-state index is -1.30. The summed E-state index contributed by atoms with van der Waals surface area (Å²) in [4.78, 5) is 25.7. The van der Waals surface area contributed by atoms with Gasteiger partial charge < -0.3 is 15.2 Å². The SMILES string of the molecule is NC1(C(=O)OCc2ccccc2F)CC2(CC2)C2C(C(=O)OCc3ccccc3F)C21. The number of nitrogens with two attached hydrogens (primary N) is 1. The van der Waals surface area contributed by atoms with Gasteiger partial charge in [0.25, 0.3) is 0 Å². The van der Waals surface area contributed by atoms with Crippen LogP contribution in [0.15, 0.2) is 48.5 Å². The van der Waals surface area contributed by atoms with Gasteiger partial charge in [0.1, 0.15) is 30.4 Å². The van der Waals surface area contributed by atoms with Gasteiger partial charge in [0, 0.05) is 17.0 Å². The average Bonchev–Trinajstić information content (AvgIpc) is 3.65. The largest absolute Gasteiger partial charge is 0.460 e. The molecule has 1 spiro atoms. The van der Waals surface area contributed by atoms with Gasteiger partial charge >= 0.3 is 11.9 Å². The summed E-state index contributed by atoms with van der Waals surface area (Å²) in [5.41, 5.74) is 5.67. The molecule has 0 radical (unpaired) electrons. The van der Waals surface area contributed by atoms with Crippen molar-refractivity contribution < 1.29 is 27.8 Å². The minimum Gasteiger partial charge on any atom is -0.460 e. The van der Waals surface area contributed by atoms with Crippen molar-refractivity contribution in [2.24, 2.45) is 28.9 Å². The van der Waals surface area contributed by atoms with Crippen LogP contribution in [0.5, 0.6) is 0 Å². The average molecular weight is 427 g/mol. The number of ether oxygens (including phenoxy) is 2. The molecule has 5 rings (SSSR count). The third-order valence-electron chi connectivity index (χ3n) is 7.16. The van der Waals surface area contributed by atoms with Crippen LogP contribution < -0.4 is 5.73 Å². The zero-order chi connectivity index (χ0) is 21.8. The Morgan fingerprint density at radius 3 is 2.00 bits per heavy atom. The van der Waals surface area contributed by atoms with E-state index in [1.54, 1.807) is 36.4 Å². The first-order valence-electron chi connectivity index (χ1n) is 10.5. The molecule has 0 bridgehead atoms. The lowest BCUT2D eigenvalue weighted by atomic mass is 9.86. The zero-order valence-corrected chi connectivity index (χ0v) is 16.9. The second-order valence-corrected chi connectivity index (χ2v) is 9.02. The van der Waals surface area contributed by atoms with Crippen LogP contribution in [0.4, 0.5) is 8.78 Å². The van der Waals surface area contributed by atoms with Gasteiger partial charge in [-0.25, -0.2) is 8.78 Å². The van der Waals surface area contributed by atoms with E-state index in [0.717, 1.165) is 12.8 Å². The van der Waals surface area contributed by atoms with E-state index >= 15 is 0 Å². The summed E-state index contributed by atoms with van der Waals surface area (Å²) in [6.07, 6.45) is 2.28. The summed E-state index contributed by atoms with van der Waals surface area (Å²) < 4.78 is 38.4. The maximum Gasteiger partial charge on any atom is 0.326 e. The molecule has 0 heterocycles. The molecular formula is C24H23F2NO4. The molecule has 0 amide bonds. The lowest BCUT2D eigenvalue weighted by Crippen LogP contribution is -2.51. The molecule has 162 valence electrons. The van der Waals surface area contributed by atoms with Crippen molar-refractivity contribution in [1.29, 1.82) is 0 Å². The molecule has 4 atom stereocenters. The van der Waals surface area contributed by atoms with Crippen LogP contribution >= 0.6 is 0 Å². The van der Waals surface area contributed by atoms with Gasteiger partial charge in [-0.05, 0) is 42.7 Å². The standard InChI is InChI=1S/C24H23F2NO4/c25-16-7-3-1-5-14(16)11-30-21(28)18-19-20(18)24(27,13-23(19)9-10-23)22(29)31-12-15-6-2-4-8-17(15)26/h1-8,18-20H,9-13,27H2. The number of fused-ring (bicyclic) bond motifs is 2. The monoisotopic (exact) mass is 427 g/mol. The van der Waals surface area contributed by atoms with Gasteiger partial charge in [0.2, 0.25) is 0 Å². The zero-order valence-electron chi connectivity index (χ0n) is 16.9. The molecule has 31 heavy (non-hydrogen) atoms.